The van der Waals surface area contributed by atoms with Gasteiger partial charge in [0.25, 0.3) is 5.91 Å². The minimum Gasteiger partial charge on any atom is -0.326 e. The van der Waals surface area contributed by atoms with Gasteiger partial charge in [0.15, 0.2) is 0 Å². The van der Waals surface area contributed by atoms with Crippen LogP contribution in [0.25, 0.3) is 0 Å². The number of allylic oxidation sites excluding steroid dienone is 1. The van der Waals surface area contributed by atoms with Crippen molar-refractivity contribution in [3.63, 3.8) is 0 Å². The molecule has 4 amide bonds. The first-order chi connectivity index (χ1) is 15.1. The summed E-state index contributed by atoms with van der Waals surface area (Å²) in [6.07, 6.45) is 7.39. The molecule has 0 unspecified atom stereocenters. The van der Waals surface area contributed by atoms with E-state index in [0.717, 1.165) is 25.7 Å². The second-order valence-electron chi connectivity index (χ2n) is 7.98. The summed E-state index contributed by atoms with van der Waals surface area (Å²) in [4.78, 5) is 41.9. The van der Waals surface area contributed by atoms with Gasteiger partial charge in [0, 0.05) is 12.2 Å². The van der Waals surface area contributed by atoms with Gasteiger partial charge in [-0.3, -0.25) is 9.59 Å². The number of para-hydroxylation sites is 2. The second kappa shape index (κ2) is 9.60. The zero-order chi connectivity index (χ0) is 21.6. The molecule has 0 saturated carbocycles. The highest BCUT2D eigenvalue weighted by molar-refractivity contribution is 6.22. The van der Waals surface area contributed by atoms with Gasteiger partial charge >= 0.3 is 6.03 Å². The molecule has 1 fully saturated rings. The van der Waals surface area contributed by atoms with E-state index in [-0.39, 0.29) is 24.3 Å². The third kappa shape index (κ3) is 4.85. The largest absolute Gasteiger partial charge is 0.332 e. The molecule has 160 valence electrons. The zero-order valence-corrected chi connectivity index (χ0v) is 17.5. The van der Waals surface area contributed by atoms with Crippen LogP contribution in [0.1, 0.15) is 38.5 Å². The molecular formula is C25H27N3O3. The summed E-state index contributed by atoms with van der Waals surface area (Å²) < 4.78 is 0. The van der Waals surface area contributed by atoms with Crippen molar-refractivity contribution < 1.29 is 14.4 Å². The van der Waals surface area contributed by atoms with Gasteiger partial charge in [-0.05, 0) is 56.4 Å². The first-order valence-electron chi connectivity index (χ1n) is 10.9. The van der Waals surface area contributed by atoms with E-state index >= 15 is 0 Å². The first-order valence-corrected chi connectivity index (χ1v) is 10.9. The number of benzene rings is 2. The molecule has 6 heteroatoms. The van der Waals surface area contributed by atoms with Crippen molar-refractivity contribution in [2.24, 2.45) is 0 Å². The molecule has 4 rings (SSSR count). The Bertz CT molecular complexity index is 972. The Morgan fingerprint density at radius 1 is 0.968 bits per heavy atom. The molecule has 1 heterocycles. The lowest BCUT2D eigenvalue weighted by molar-refractivity contribution is -0.124. The van der Waals surface area contributed by atoms with Crippen molar-refractivity contribution in [2.45, 2.75) is 44.6 Å². The quantitative estimate of drug-likeness (QED) is 0.522. The molecule has 1 atom stereocenters. The van der Waals surface area contributed by atoms with Crippen LogP contribution in [0.2, 0.25) is 0 Å². The molecule has 1 aliphatic heterocycles. The summed E-state index contributed by atoms with van der Waals surface area (Å²) in [6, 6.07) is 16.9. The lowest BCUT2D eigenvalue weighted by Gasteiger charge is -2.23. The average Bonchev–Trinajstić information content (AvgIpc) is 3.03. The summed E-state index contributed by atoms with van der Waals surface area (Å²) in [5, 5.41) is 2.83. The fourth-order valence-electron chi connectivity index (χ4n) is 4.21. The molecule has 2 aliphatic rings. The normalized spacial score (nSPS) is 18.8. The number of hydrogen-bond acceptors (Lipinski definition) is 3. The van der Waals surface area contributed by atoms with E-state index in [1.807, 2.05) is 24.3 Å². The van der Waals surface area contributed by atoms with Crippen molar-refractivity contribution >= 4 is 29.2 Å². The highest BCUT2D eigenvalue weighted by Crippen LogP contribution is 2.29. The van der Waals surface area contributed by atoms with E-state index in [0.29, 0.717) is 17.9 Å². The summed E-state index contributed by atoms with van der Waals surface area (Å²) in [5.41, 5.74) is 2.53. The highest BCUT2D eigenvalue weighted by Gasteiger charge is 2.46. The summed E-state index contributed by atoms with van der Waals surface area (Å²) in [7, 11) is 0. The van der Waals surface area contributed by atoms with Gasteiger partial charge in [-0.25, -0.2) is 9.69 Å². The molecule has 1 saturated heterocycles. The number of anilines is 2. The van der Waals surface area contributed by atoms with Crippen LogP contribution in [-0.2, 0) is 9.59 Å². The van der Waals surface area contributed by atoms with Gasteiger partial charge in [0.1, 0.15) is 6.04 Å². The van der Waals surface area contributed by atoms with Crippen molar-refractivity contribution in [3.05, 3.63) is 72.3 Å². The number of carbonyl (C=O) groups is 3. The fourth-order valence-corrected chi connectivity index (χ4v) is 4.21. The van der Waals surface area contributed by atoms with Gasteiger partial charge in [0.05, 0.1) is 12.1 Å². The Morgan fingerprint density at radius 2 is 1.68 bits per heavy atom. The zero-order valence-electron chi connectivity index (χ0n) is 17.5. The van der Waals surface area contributed by atoms with Crippen molar-refractivity contribution in [1.29, 1.82) is 0 Å². The van der Waals surface area contributed by atoms with E-state index in [1.165, 1.54) is 16.9 Å². The van der Waals surface area contributed by atoms with Crippen LogP contribution in [0.3, 0.4) is 0 Å². The van der Waals surface area contributed by atoms with E-state index < -0.39 is 6.04 Å². The first kappa shape index (κ1) is 20.8. The lowest BCUT2D eigenvalue weighted by atomic mass is 9.97. The SMILES string of the molecule is O=C(C[C@H]1C(=O)N(c2ccccc2)C(=O)N1CCC1=CCCCC1)Nc1ccccc1. The Labute approximate surface area is 182 Å². The predicted molar refractivity (Wildman–Crippen MR) is 121 cm³/mol. The van der Waals surface area contributed by atoms with Crippen molar-refractivity contribution in [1.82, 2.24) is 4.90 Å². The molecule has 2 aromatic carbocycles. The molecule has 1 N–H and O–H groups in total. The van der Waals surface area contributed by atoms with Gasteiger partial charge < -0.3 is 10.2 Å². The maximum absolute atomic E-state index is 13.2. The Kier molecular flexibility index (Phi) is 6.46. The number of imide groups is 1. The van der Waals surface area contributed by atoms with Crippen LogP contribution < -0.4 is 10.2 Å². The lowest BCUT2D eigenvalue weighted by Crippen LogP contribution is -2.38. The maximum atomic E-state index is 13.2. The Balaban J connectivity index is 1.52. The third-order valence-electron chi connectivity index (χ3n) is 5.83. The van der Waals surface area contributed by atoms with Gasteiger partial charge in [-0.15, -0.1) is 0 Å². The van der Waals surface area contributed by atoms with Crippen LogP contribution in [0.15, 0.2) is 72.3 Å². The second-order valence-corrected chi connectivity index (χ2v) is 7.98. The van der Waals surface area contributed by atoms with E-state index in [2.05, 4.69) is 11.4 Å². The standard InChI is InChI=1S/C25H27N3O3/c29-23(26-20-12-6-2-7-13-20)18-22-24(30)28(21-14-8-3-9-15-21)25(31)27(22)17-16-19-10-4-1-5-11-19/h2-3,6-10,12-15,22H,1,4-5,11,16-18H2,(H,26,29)/t22-/m0/s1. The minimum atomic E-state index is -0.805. The molecule has 0 bridgehead atoms. The molecule has 0 radical (unpaired) electrons. The van der Waals surface area contributed by atoms with Crippen LogP contribution in [0, 0.1) is 0 Å². The number of urea groups is 1. The van der Waals surface area contributed by atoms with Gasteiger partial charge in [0.2, 0.25) is 5.91 Å². The van der Waals surface area contributed by atoms with Crippen LogP contribution in [0.4, 0.5) is 16.2 Å². The predicted octanol–water partition coefficient (Wildman–Crippen LogP) is 4.74. The number of nitrogens with one attached hydrogen (secondary N) is 1. The molecule has 6 nitrogen and oxygen atoms in total. The Morgan fingerprint density at radius 3 is 2.35 bits per heavy atom. The third-order valence-corrected chi connectivity index (χ3v) is 5.83. The van der Waals surface area contributed by atoms with Gasteiger partial charge in [-0.2, -0.15) is 0 Å². The van der Waals surface area contributed by atoms with Crippen molar-refractivity contribution in [3.8, 4) is 0 Å². The molecule has 31 heavy (non-hydrogen) atoms. The van der Waals surface area contributed by atoms with Crippen LogP contribution >= 0.6 is 0 Å². The minimum absolute atomic E-state index is 0.0676. The average molecular weight is 418 g/mol. The van der Waals surface area contributed by atoms with E-state index in [1.54, 1.807) is 41.3 Å². The summed E-state index contributed by atoms with van der Waals surface area (Å²) >= 11 is 0. The highest BCUT2D eigenvalue weighted by atomic mass is 16.2. The van der Waals surface area contributed by atoms with E-state index in [4.69, 9.17) is 0 Å². The molecular weight excluding hydrogens is 390 g/mol. The van der Waals surface area contributed by atoms with Crippen molar-refractivity contribution in [2.75, 3.05) is 16.8 Å². The maximum Gasteiger partial charge on any atom is 0.332 e. The molecule has 1 aliphatic carbocycles. The summed E-state index contributed by atoms with van der Waals surface area (Å²) in [5.74, 6) is -0.633. The molecule has 0 aromatic heterocycles. The number of hydrogen-bond donors (Lipinski definition) is 1. The summed E-state index contributed by atoms with van der Waals surface area (Å²) in [6.45, 7) is 0.434. The van der Waals surface area contributed by atoms with E-state index in [9.17, 15) is 14.4 Å². The van der Waals surface area contributed by atoms with Gasteiger partial charge in [-0.1, -0.05) is 48.0 Å². The number of amides is 4. The van der Waals surface area contributed by atoms with Crippen LogP contribution in [0.5, 0.6) is 0 Å². The monoisotopic (exact) mass is 417 g/mol. The molecule has 0 spiro atoms. The fraction of sp³-hybridized carbons (Fsp3) is 0.320. The smallest absolute Gasteiger partial charge is 0.326 e. The number of rotatable bonds is 7. The molecule has 2 aromatic rings. The number of carbonyl (C=O) groups excluding carboxylic acids is 3. The Hall–Kier alpha value is -3.41. The number of nitrogens with zero attached hydrogens (tertiary/aromatic N) is 2. The topological polar surface area (TPSA) is 69.7 Å². The van der Waals surface area contributed by atoms with Crippen LogP contribution in [-0.4, -0.2) is 35.3 Å².